The summed E-state index contributed by atoms with van der Waals surface area (Å²) in [6.45, 7) is 4.56. The van der Waals surface area contributed by atoms with Gasteiger partial charge in [-0.2, -0.15) is 0 Å². The van der Waals surface area contributed by atoms with Crippen molar-refractivity contribution in [2.24, 2.45) is 10.4 Å². The summed E-state index contributed by atoms with van der Waals surface area (Å²) < 4.78 is 10.8. The van der Waals surface area contributed by atoms with Crippen LogP contribution in [0.1, 0.15) is 39.0 Å². The number of amides is 1. The van der Waals surface area contributed by atoms with Crippen molar-refractivity contribution in [3.63, 3.8) is 0 Å². The number of aliphatic imine (C=N–C) groups is 1. The molecule has 0 aromatic heterocycles. The highest BCUT2D eigenvalue weighted by Crippen LogP contribution is 2.39. The summed E-state index contributed by atoms with van der Waals surface area (Å²) in [5.74, 6) is 1.67. The Morgan fingerprint density at radius 1 is 1.23 bits per heavy atom. The predicted octanol–water partition coefficient (Wildman–Crippen LogP) is 3.75. The summed E-state index contributed by atoms with van der Waals surface area (Å²) >= 11 is 0. The third-order valence-electron chi connectivity index (χ3n) is 5.16. The summed E-state index contributed by atoms with van der Waals surface area (Å²) in [6.07, 6.45) is 4.82. The van der Waals surface area contributed by atoms with Crippen molar-refractivity contribution < 1.29 is 14.3 Å². The van der Waals surface area contributed by atoms with Crippen molar-refractivity contribution in [3.8, 4) is 5.75 Å². The molecule has 2 N–H and O–H groups in total. The van der Waals surface area contributed by atoms with Crippen molar-refractivity contribution in [1.29, 1.82) is 0 Å². The second-order valence-corrected chi connectivity index (χ2v) is 7.73. The molecule has 2 rings (SSSR count). The van der Waals surface area contributed by atoms with E-state index < -0.39 is 0 Å². The summed E-state index contributed by atoms with van der Waals surface area (Å²) in [7, 11) is 5.34. The van der Waals surface area contributed by atoms with Crippen molar-refractivity contribution >= 4 is 41.5 Å². The minimum atomic E-state index is -0.377. The minimum Gasteiger partial charge on any atom is -0.493 e. The maximum atomic E-state index is 12.8. The van der Waals surface area contributed by atoms with E-state index in [4.69, 9.17) is 14.5 Å². The van der Waals surface area contributed by atoms with E-state index in [1.54, 1.807) is 12.0 Å². The Kier molecular flexibility index (Phi) is 12.1. The van der Waals surface area contributed by atoms with Crippen LogP contribution in [0.5, 0.6) is 5.75 Å². The lowest BCUT2D eigenvalue weighted by Crippen LogP contribution is -2.41. The first-order valence-corrected chi connectivity index (χ1v) is 10.5. The van der Waals surface area contributed by atoms with E-state index in [9.17, 15) is 4.79 Å². The van der Waals surface area contributed by atoms with Gasteiger partial charge in [0.25, 0.3) is 0 Å². The van der Waals surface area contributed by atoms with Crippen molar-refractivity contribution in [2.75, 3.05) is 52.8 Å². The number of carbonyl (C=O) groups excluding carboxylic acids is 1. The van der Waals surface area contributed by atoms with E-state index in [2.05, 4.69) is 10.6 Å². The number of methoxy groups -OCH3 is 1. The Morgan fingerprint density at radius 2 is 1.97 bits per heavy atom. The number of anilines is 1. The van der Waals surface area contributed by atoms with Crippen molar-refractivity contribution in [2.45, 2.75) is 39.0 Å². The fraction of sp³-hybridized carbons (Fsp3) is 0.636. The van der Waals surface area contributed by atoms with Crippen molar-refractivity contribution in [1.82, 2.24) is 10.2 Å². The van der Waals surface area contributed by atoms with Gasteiger partial charge in [0.1, 0.15) is 5.75 Å². The van der Waals surface area contributed by atoms with Crippen LogP contribution in [0.4, 0.5) is 5.69 Å². The number of nitrogens with one attached hydrogen (secondary N) is 2. The van der Waals surface area contributed by atoms with Gasteiger partial charge in [-0.25, -0.2) is 0 Å². The van der Waals surface area contributed by atoms with Gasteiger partial charge < -0.3 is 25.0 Å². The highest BCUT2D eigenvalue weighted by molar-refractivity contribution is 14.0. The summed E-state index contributed by atoms with van der Waals surface area (Å²) in [5.41, 5.74) is 0.520. The first kappa shape index (κ1) is 26.5. The van der Waals surface area contributed by atoms with Gasteiger partial charge in [-0.05, 0) is 31.9 Å². The van der Waals surface area contributed by atoms with E-state index >= 15 is 0 Å². The molecule has 170 valence electrons. The zero-order valence-electron chi connectivity index (χ0n) is 18.7. The van der Waals surface area contributed by atoms with Crippen molar-refractivity contribution in [3.05, 3.63) is 24.3 Å². The summed E-state index contributed by atoms with van der Waals surface area (Å²) in [5, 5.41) is 6.62. The standard InChI is InChI=1S/C22H36N4O3.HI/c1-5-23-21(24-17-22(12-6-7-13-22)20(27)26(2)3)25-18-10-8-11-19(16-18)29-15-9-14-28-4;/h8,10-11,16H,5-7,9,12-15,17H2,1-4H3,(H2,23,24,25);1H. The molecule has 0 radical (unpaired) electrons. The van der Waals surface area contributed by atoms with Crippen LogP contribution in [0.3, 0.4) is 0 Å². The largest absolute Gasteiger partial charge is 0.493 e. The maximum Gasteiger partial charge on any atom is 0.230 e. The molecule has 1 fully saturated rings. The first-order chi connectivity index (χ1) is 14.0. The molecule has 1 aliphatic carbocycles. The number of rotatable bonds is 10. The molecule has 0 bridgehead atoms. The third kappa shape index (κ3) is 7.94. The molecule has 1 amide bonds. The zero-order chi connectivity index (χ0) is 21.1. The number of carbonyl (C=O) groups is 1. The highest BCUT2D eigenvalue weighted by Gasteiger charge is 2.42. The highest BCUT2D eigenvalue weighted by atomic mass is 127. The molecular formula is C22H37IN4O3. The second-order valence-electron chi connectivity index (χ2n) is 7.73. The van der Waals surface area contributed by atoms with E-state index in [0.717, 1.165) is 50.1 Å². The van der Waals surface area contributed by atoms with Gasteiger partial charge in [-0.1, -0.05) is 18.9 Å². The van der Waals surface area contributed by atoms with Crippen LogP contribution < -0.4 is 15.4 Å². The van der Waals surface area contributed by atoms with Gasteiger partial charge in [0.15, 0.2) is 5.96 Å². The van der Waals surface area contributed by atoms with Gasteiger partial charge >= 0.3 is 0 Å². The molecule has 0 spiro atoms. The van der Waals surface area contributed by atoms with Crippen LogP contribution in [0.15, 0.2) is 29.3 Å². The van der Waals surface area contributed by atoms with E-state index in [1.807, 2.05) is 45.3 Å². The molecule has 0 unspecified atom stereocenters. The molecule has 0 saturated heterocycles. The molecule has 7 nitrogen and oxygen atoms in total. The van der Waals surface area contributed by atoms with Gasteiger partial charge in [0.2, 0.25) is 5.91 Å². The summed E-state index contributed by atoms with van der Waals surface area (Å²) in [4.78, 5) is 19.2. The lowest BCUT2D eigenvalue weighted by molar-refractivity contribution is -0.138. The molecule has 0 heterocycles. The van der Waals surface area contributed by atoms with E-state index in [1.165, 1.54) is 0 Å². The number of nitrogens with zero attached hydrogens (tertiary/aromatic N) is 2. The normalized spacial score (nSPS) is 15.3. The van der Waals surface area contributed by atoms with Crippen LogP contribution in [0, 0.1) is 5.41 Å². The molecule has 1 aromatic carbocycles. The minimum absolute atomic E-state index is 0. The van der Waals surface area contributed by atoms with Crippen LogP contribution >= 0.6 is 24.0 Å². The number of benzene rings is 1. The van der Waals surface area contributed by atoms with Gasteiger partial charge in [-0.3, -0.25) is 9.79 Å². The van der Waals surface area contributed by atoms with Gasteiger partial charge in [0, 0.05) is 52.5 Å². The SMILES string of the molecule is CCNC(=NCC1(C(=O)N(C)C)CCCC1)Nc1cccc(OCCCOC)c1.I. The molecule has 0 atom stereocenters. The second kappa shape index (κ2) is 13.7. The smallest absolute Gasteiger partial charge is 0.230 e. The monoisotopic (exact) mass is 532 g/mol. The predicted molar refractivity (Wildman–Crippen MR) is 133 cm³/mol. The molecule has 1 aliphatic rings. The Morgan fingerprint density at radius 3 is 2.60 bits per heavy atom. The maximum absolute atomic E-state index is 12.8. The van der Waals surface area contributed by atoms with Gasteiger partial charge in [-0.15, -0.1) is 24.0 Å². The number of halogens is 1. The van der Waals surface area contributed by atoms with Crippen LogP contribution in [-0.4, -0.2) is 64.3 Å². The Hall–Kier alpha value is -1.55. The molecule has 1 aromatic rings. The number of ether oxygens (including phenoxy) is 2. The number of guanidine groups is 1. The topological polar surface area (TPSA) is 75.2 Å². The quantitative estimate of drug-likeness (QED) is 0.208. The molecule has 0 aliphatic heterocycles. The Labute approximate surface area is 198 Å². The Balaban J connectivity index is 0.00000450. The first-order valence-electron chi connectivity index (χ1n) is 10.5. The molecular weight excluding hydrogens is 495 g/mol. The van der Waals surface area contributed by atoms with Crippen LogP contribution in [0.25, 0.3) is 0 Å². The van der Waals surface area contributed by atoms with E-state index in [0.29, 0.717) is 25.7 Å². The lowest BCUT2D eigenvalue weighted by Gasteiger charge is -2.29. The average Bonchev–Trinajstić information content (AvgIpc) is 3.19. The van der Waals surface area contributed by atoms with Gasteiger partial charge in [0.05, 0.1) is 18.6 Å². The van der Waals surface area contributed by atoms with Crippen LogP contribution in [-0.2, 0) is 9.53 Å². The molecule has 1 saturated carbocycles. The Bertz CT molecular complexity index is 676. The zero-order valence-corrected chi connectivity index (χ0v) is 21.0. The third-order valence-corrected chi connectivity index (χ3v) is 5.16. The van der Waals surface area contributed by atoms with Crippen LogP contribution in [0.2, 0.25) is 0 Å². The number of hydrogen-bond acceptors (Lipinski definition) is 4. The average molecular weight is 532 g/mol. The fourth-order valence-electron chi connectivity index (χ4n) is 3.70. The lowest BCUT2D eigenvalue weighted by atomic mass is 9.85. The van der Waals surface area contributed by atoms with E-state index in [-0.39, 0.29) is 35.3 Å². The fourth-order valence-corrected chi connectivity index (χ4v) is 3.70. The summed E-state index contributed by atoms with van der Waals surface area (Å²) in [6, 6.07) is 7.82. The number of hydrogen-bond donors (Lipinski definition) is 2. The molecule has 8 heteroatoms. The molecule has 30 heavy (non-hydrogen) atoms.